The molecule has 3 aliphatic rings. The lowest BCUT2D eigenvalue weighted by molar-refractivity contribution is -0.130. The highest BCUT2D eigenvalue weighted by Gasteiger charge is 2.50. The Hall–Kier alpha value is -2.66. The highest BCUT2D eigenvalue weighted by atomic mass is 19.1. The van der Waals surface area contributed by atoms with E-state index in [0.29, 0.717) is 11.8 Å². The van der Waals surface area contributed by atoms with E-state index < -0.39 is 12.2 Å². The number of hydrogen-bond acceptors (Lipinski definition) is 4. The first-order chi connectivity index (χ1) is 15.3. The molecule has 1 aromatic carbocycles. The minimum absolute atomic E-state index is 0.00270. The largest absolute Gasteiger partial charge is 0.331 e. The first kappa shape index (κ1) is 22.5. The number of likely N-dealkylation sites (tertiary alicyclic amines) is 2. The van der Waals surface area contributed by atoms with Gasteiger partial charge in [0.05, 0.1) is 19.2 Å². The molecule has 1 aliphatic carbocycles. The third kappa shape index (κ3) is 4.58. The summed E-state index contributed by atoms with van der Waals surface area (Å²) < 4.78 is 13.8. The molecule has 5 atom stereocenters. The van der Waals surface area contributed by atoms with E-state index in [9.17, 15) is 19.2 Å². The summed E-state index contributed by atoms with van der Waals surface area (Å²) in [6.45, 7) is 1.56. The van der Waals surface area contributed by atoms with Crippen molar-refractivity contribution in [2.75, 3.05) is 40.3 Å². The lowest BCUT2D eigenvalue weighted by Crippen LogP contribution is -2.51. The number of nitriles is 1. The monoisotopic (exact) mass is 441 g/mol. The summed E-state index contributed by atoms with van der Waals surface area (Å²) in [5, 5.41) is 12.8. The van der Waals surface area contributed by atoms with Gasteiger partial charge in [-0.2, -0.15) is 5.26 Å². The summed E-state index contributed by atoms with van der Waals surface area (Å²) in [6.07, 6.45) is 1.52. The number of halogens is 1. The van der Waals surface area contributed by atoms with Crippen molar-refractivity contribution in [3.63, 3.8) is 0 Å². The zero-order valence-electron chi connectivity index (χ0n) is 18.8. The molecule has 3 unspecified atom stereocenters. The average molecular weight is 442 g/mol. The Morgan fingerprint density at radius 1 is 1.19 bits per heavy atom. The Labute approximate surface area is 189 Å². The predicted molar refractivity (Wildman–Crippen MR) is 118 cm³/mol. The normalized spacial score (nSPS) is 31.4. The maximum atomic E-state index is 13.8. The first-order valence-electron chi connectivity index (χ1n) is 11.4. The summed E-state index contributed by atoms with van der Waals surface area (Å²) in [5.41, 5.74) is 0.949. The molecule has 8 heteroatoms. The van der Waals surface area contributed by atoms with E-state index in [4.69, 9.17) is 0 Å². The van der Waals surface area contributed by atoms with Crippen molar-refractivity contribution in [2.24, 2.45) is 11.8 Å². The van der Waals surface area contributed by atoms with Gasteiger partial charge in [-0.1, -0.05) is 30.3 Å². The van der Waals surface area contributed by atoms with Crippen molar-refractivity contribution in [2.45, 2.75) is 43.4 Å². The fourth-order valence-corrected chi connectivity index (χ4v) is 5.81. The van der Waals surface area contributed by atoms with Crippen LogP contribution in [0, 0.1) is 23.2 Å². The Morgan fingerprint density at radius 2 is 1.84 bits per heavy atom. The van der Waals surface area contributed by atoms with Gasteiger partial charge >= 0.3 is 6.03 Å². The minimum atomic E-state index is -1.13. The number of nitrogens with one attached hydrogen (secondary N) is 1. The fraction of sp³-hybridized carbons (Fsp3) is 0.625. The summed E-state index contributed by atoms with van der Waals surface area (Å²) >= 11 is 0. The molecular formula is C24H32FN5O2. The van der Waals surface area contributed by atoms with Crippen LogP contribution >= 0.6 is 0 Å². The Bertz CT molecular complexity index is 872. The third-order valence-corrected chi connectivity index (χ3v) is 7.25. The van der Waals surface area contributed by atoms with Gasteiger partial charge in [-0.3, -0.25) is 4.79 Å². The number of rotatable bonds is 5. The van der Waals surface area contributed by atoms with E-state index in [2.05, 4.69) is 23.5 Å². The fourth-order valence-electron chi connectivity index (χ4n) is 5.81. The highest BCUT2D eigenvalue weighted by Crippen LogP contribution is 2.45. The van der Waals surface area contributed by atoms with Crippen LogP contribution in [-0.2, 0) is 11.2 Å². The van der Waals surface area contributed by atoms with Gasteiger partial charge in [-0.15, -0.1) is 0 Å². The second-order valence-corrected chi connectivity index (χ2v) is 9.83. The van der Waals surface area contributed by atoms with Gasteiger partial charge in [-0.25, -0.2) is 9.18 Å². The second-order valence-electron chi connectivity index (χ2n) is 9.83. The van der Waals surface area contributed by atoms with Crippen molar-refractivity contribution in [3.05, 3.63) is 35.9 Å². The standard InChI is InChI=1S/C24H32FN5O2/c1-28(2)23(32)29-14-18-10-24(11-19(18)15-29,9-17-6-4-3-5-7-17)27-13-22(31)30-16-20(25)8-21(30)12-26/h3-7,18-21,27H,8-11,13-16H2,1-2H3/t18-,19?,20+,21?,24?/m1/s1. The average Bonchev–Trinajstić information content (AvgIpc) is 3.43. The Kier molecular flexibility index (Phi) is 6.38. The third-order valence-electron chi connectivity index (χ3n) is 7.25. The van der Waals surface area contributed by atoms with Crippen LogP contribution in [-0.4, -0.2) is 84.7 Å². The van der Waals surface area contributed by atoms with Crippen molar-refractivity contribution in [3.8, 4) is 6.07 Å². The molecular weight excluding hydrogens is 409 g/mol. The van der Waals surface area contributed by atoms with Crippen LogP contribution in [0.4, 0.5) is 9.18 Å². The summed E-state index contributed by atoms with van der Waals surface area (Å²) in [5.74, 6) is 0.559. The van der Waals surface area contributed by atoms with Gasteiger partial charge in [0, 0.05) is 39.1 Å². The van der Waals surface area contributed by atoms with Crippen LogP contribution in [0.15, 0.2) is 30.3 Å². The second kappa shape index (κ2) is 9.07. The van der Waals surface area contributed by atoms with Gasteiger partial charge in [0.1, 0.15) is 12.2 Å². The number of amides is 3. The van der Waals surface area contributed by atoms with Gasteiger partial charge in [-0.05, 0) is 36.7 Å². The molecule has 2 aliphatic heterocycles. The van der Waals surface area contributed by atoms with E-state index in [-0.39, 0.29) is 37.0 Å². The number of benzene rings is 1. The summed E-state index contributed by atoms with van der Waals surface area (Å²) in [7, 11) is 3.55. The topological polar surface area (TPSA) is 79.7 Å². The molecule has 172 valence electrons. The van der Waals surface area contributed by atoms with Crippen molar-refractivity contribution in [1.82, 2.24) is 20.0 Å². The smallest absolute Gasteiger partial charge is 0.319 e. The molecule has 7 nitrogen and oxygen atoms in total. The van der Waals surface area contributed by atoms with Crippen LogP contribution in [0.3, 0.4) is 0 Å². The molecule has 1 aromatic rings. The van der Waals surface area contributed by atoms with Gasteiger partial charge in [0.15, 0.2) is 0 Å². The molecule has 32 heavy (non-hydrogen) atoms. The number of nitrogens with zero attached hydrogens (tertiary/aromatic N) is 4. The summed E-state index contributed by atoms with van der Waals surface area (Å²) in [4.78, 5) is 30.2. The molecule has 3 fully saturated rings. The van der Waals surface area contributed by atoms with Crippen molar-refractivity contribution >= 4 is 11.9 Å². The predicted octanol–water partition coefficient (Wildman–Crippen LogP) is 2.04. The lowest BCUT2D eigenvalue weighted by atomic mass is 9.87. The number of hydrogen-bond donors (Lipinski definition) is 1. The number of fused-ring (bicyclic) bond motifs is 1. The van der Waals surface area contributed by atoms with E-state index in [0.717, 1.165) is 32.4 Å². The summed E-state index contributed by atoms with van der Waals surface area (Å²) in [6, 6.07) is 11.6. The molecule has 0 spiro atoms. The van der Waals surface area contributed by atoms with Crippen LogP contribution in [0.2, 0.25) is 0 Å². The zero-order chi connectivity index (χ0) is 22.9. The Balaban J connectivity index is 1.46. The number of carbonyl (C=O) groups is 2. The quantitative estimate of drug-likeness (QED) is 0.759. The number of urea groups is 1. The van der Waals surface area contributed by atoms with E-state index in [1.54, 1.807) is 19.0 Å². The molecule has 1 N–H and O–H groups in total. The van der Waals surface area contributed by atoms with Crippen LogP contribution in [0.1, 0.15) is 24.8 Å². The van der Waals surface area contributed by atoms with Gasteiger partial charge in [0.25, 0.3) is 0 Å². The number of alkyl halides is 1. The lowest BCUT2D eigenvalue weighted by Gasteiger charge is -2.34. The molecule has 2 heterocycles. The molecule has 0 aromatic heterocycles. The van der Waals surface area contributed by atoms with Crippen LogP contribution < -0.4 is 5.32 Å². The first-order valence-corrected chi connectivity index (χ1v) is 11.4. The zero-order valence-corrected chi connectivity index (χ0v) is 18.8. The van der Waals surface area contributed by atoms with Crippen LogP contribution in [0.25, 0.3) is 0 Å². The number of carbonyl (C=O) groups excluding carboxylic acids is 2. The van der Waals surface area contributed by atoms with Crippen LogP contribution in [0.5, 0.6) is 0 Å². The van der Waals surface area contributed by atoms with Gasteiger partial charge < -0.3 is 20.0 Å². The molecule has 1 saturated carbocycles. The molecule has 2 saturated heterocycles. The SMILES string of the molecule is CN(C)C(=O)N1CC2CC(Cc3ccccc3)(NCC(=O)N3C[C@@H](F)CC3C#N)C[C@@H]2C1. The van der Waals surface area contributed by atoms with Gasteiger partial charge in [0.2, 0.25) is 5.91 Å². The molecule has 4 rings (SSSR count). The molecule has 0 bridgehead atoms. The highest BCUT2D eigenvalue weighted by molar-refractivity contribution is 5.79. The van der Waals surface area contributed by atoms with E-state index in [1.165, 1.54) is 10.5 Å². The van der Waals surface area contributed by atoms with Crippen molar-refractivity contribution in [1.29, 1.82) is 5.26 Å². The molecule has 0 radical (unpaired) electrons. The molecule has 3 amide bonds. The van der Waals surface area contributed by atoms with E-state index in [1.807, 2.05) is 23.1 Å². The maximum absolute atomic E-state index is 13.8. The Morgan fingerprint density at radius 3 is 2.44 bits per heavy atom. The van der Waals surface area contributed by atoms with Crippen molar-refractivity contribution < 1.29 is 14.0 Å². The minimum Gasteiger partial charge on any atom is -0.331 e. The maximum Gasteiger partial charge on any atom is 0.319 e. The van der Waals surface area contributed by atoms with E-state index >= 15 is 0 Å².